The van der Waals surface area contributed by atoms with E-state index in [4.69, 9.17) is 0 Å². The number of nitro benzene ring substituents is 1. The maximum absolute atomic E-state index is 11.0. The number of hydrogen-bond acceptors (Lipinski definition) is 7. The Balaban J connectivity index is 1.54. The first-order valence-corrected chi connectivity index (χ1v) is 11.1. The summed E-state index contributed by atoms with van der Waals surface area (Å²) in [6, 6.07) is 19.2. The van der Waals surface area contributed by atoms with Crippen LogP contribution in [0.25, 0.3) is 10.2 Å². The zero-order valence-corrected chi connectivity index (χ0v) is 19.0. The highest BCUT2D eigenvalue weighted by molar-refractivity contribution is 7.21. The molecular formula is C24H23N5O2S. The number of benzene rings is 3. The molecule has 0 aliphatic heterocycles. The van der Waals surface area contributed by atoms with Crippen LogP contribution in [-0.2, 0) is 6.54 Å². The Bertz CT molecular complexity index is 1310. The topological polar surface area (TPSA) is 84.0 Å². The fraction of sp³-hybridized carbons (Fsp3) is 0.208. The van der Waals surface area contributed by atoms with Gasteiger partial charge in [-0.3, -0.25) is 10.1 Å². The van der Waals surface area contributed by atoms with Crippen molar-refractivity contribution in [3.05, 3.63) is 87.5 Å². The van der Waals surface area contributed by atoms with Gasteiger partial charge in [-0.15, -0.1) is 10.2 Å². The Hall–Kier alpha value is -3.65. The lowest BCUT2D eigenvalue weighted by molar-refractivity contribution is -0.384. The molecule has 0 atom stereocenters. The molecule has 0 saturated carbocycles. The number of anilines is 1. The summed E-state index contributed by atoms with van der Waals surface area (Å²) in [6.07, 6.45) is 0. The molecule has 0 bridgehead atoms. The molecule has 0 N–H and O–H groups in total. The molecule has 1 aromatic heterocycles. The van der Waals surface area contributed by atoms with Crippen LogP contribution < -0.4 is 4.90 Å². The van der Waals surface area contributed by atoms with Crippen molar-refractivity contribution in [2.45, 2.75) is 27.3 Å². The lowest BCUT2D eigenvalue weighted by atomic mass is 10.1. The number of azo groups is 1. The summed E-state index contributed by atoms with van der Waals surface area (Å²) < 4.78 is 0.718. The Morgan fingerprint density at radius 3 is 2.56 bits per heavy atom. The van der Waals surface area contributed by atoms with Crippen molar-refractivity contribution in [2.75, 3.05) is 11.4 Å². The van der Waals surface area contributed by atoms with E-state index in [9.17, 15) is 10.1 Å². The SMILES string of the molecule is CCN(Cc1ccccc1C)c1ccc(N=Nc2nc3ccc([N+](=O)[O-])cc3s2)c(C)c1. The molecule has 3 aromatic carbocycles. The second-order valence-corrected chi connectivity index (χ2v) is 8.53. The minimum Gasteiger partial charge on any atom is -0.367 e. The third-order valence-corrected chi connectivity index (χ3v) is 6.27. The summed E-state index contributed by atoms with van der Waals surface area (Å²) in [7, 11) is 0. The fourth-order valence-corrected chi connectivity index (χ4v) is 4.30. The van der Waals surface area contributed by atoms with Gasteiger partial charge < -0.3 is 4.90 Å². The number of thiazole rings is 1. The van der Waals surface area contributed by atoms with Crippen LogP contribution in [0.15, 0.2) is 70.9 Å². The molecule has 4 aromatic rings. The zero-order chi connectivity index (χ0) is 22.7. The van der Waals surface area contributed by atoms with Gasteiger partial charge in [0.05, 0.1) is 20.8 Å². The zero-order valence-electron chi connectivity index (χ0n) is 18.1. The van der Waals surface area contributed by atoms with Crippen LogP contribution in [0, 0.1) is 24.0 Å². The molecule has 0 aliphatic rings. The van der Waals surface area contributed by atoms with Gasteiger partial charge in [0.1, 0.15) is 0 Å². The van der Waals surface area contributed by atoms with Crippen molar-refractivity contribution in [1.29, 1.82) is 0 Å². The van der Waals surface area contributed by atoms with Crippen LogP contribution in [0.4, 0.5) is 22.2 Å². The second kappa shape index (κ2) is 9.23. The molecule has 0 saturated heterocycles. The van der Waals surface area contributed by atoms with Gasteiger partial charge in [0.25, 0.3) is 5.69 Å². The predicted octanol–water partition coefficient (Wildman–Crippen LogP) is 7.26. The quantitative estimate of drug-likeness (QED) is 0.170. The number of nitrogens with zero attached hydrogens (tertiary/aromatic N) is 5. The van der Waals surface area contributed by atoms with E-state index in [1.165, 1.54) is 34.6 Å². The van der Waals surface area contributed by atoms with Gasteiger partial charge in [0.2, 0.25) is 5.13 Å². The molecule has 0 spiro atoms. The number of aromatic nitrogens is 1. The molecule has 0 unspecified atom stereocenters. The van der Waals surface area contributed by atoms with Crippen molar-refractivity contribution in [1.82, 2.24) is 4.98 Å². The summed E-state index contributed by atoms with van der Waals surface area (Å²) in [6.45, 7) is 8.05. The molecule has 1 heterocycles. The van der Waals surface area contributed by atoms with Gasteiger partial charge in [0.15, 0.2) is 0 Å². The van der Waals surface area contributed by atoms with Crippen LogP contribution in [0.3, 0.4) is 0 Å². The lowest BCUT2D eigenvalue weighted by Crippen LogP contribution is -2.22. The monoisotopic (exact) mass is 445 g/mol. The first kappa shape index (κ1) is 21.6. The molecule has 8 heteroatoms. The summed E-state index contributed by atoms with van der Waals surface area (Å²) in [4.78, 5) is 17.3. The van der Waals surface area contributed by atoms with E-state index in [1.807, 2.05) is 13.0 Å². The first-order valence-electron chi connectivity index (χ1n) is 10.3. The van der Waals surface area contributed by atoms with E-state index in [1.54, 1.807) is 6.07 Å². The standard InChI is InChI=1S/C24H23N5O2S/c1-4-28(15-18-8-6-5-7-16(18)2)19-9-11-21(17(3)13-19)26-27-24-25-22-12-10-20(29(30)31)14-23(22)32-24/h5-14H,4,15H2,1-3H3. The molecule has 32 heavy (non-hydrogen) atoms. The van der Waals surface area contributed by atoms with E-state index < -0.39 is 4.92 Å². The molecule has 0 amide bonds. The third-order valence-electron chi connectivity index (χ3n) is 5.36. The van der Waals surface area contributed by atoms with Crippen LogP contribution in [0.2, 0.25) is 0 Å². The van der Waals surface area contributed by atoms with Gasteiger partial charge in [-0.1, -0.05) is 35.6 Å². The van der Waals surface area contributed by atoms with Crippen LogP contribution in [0.5, 0.6) is 0 Å². The fourth-order valence-electron chi connectivity index (χ4n) is 3.48. The van der Waals surface area contributed by atoms with Gasteiger partial charge in [0, 0.05) is 30.9 Å². The van der Waals surface area contributed by atoms with Gasteiger partial charge in [-0.2, -0.15) is 0 Å². The largest absolute Gasteiger partial charge is 0.367 e. The Kier molecular flexibility index (Phi) is 6.23. The molecule has 0 radical (unpaired) electrons. The van der Waals surface area contributed by atoms with Crippen molar-refractivity contribution in [3.63, 3.8) is 0 Å². The summed E-state index contributed by atoms with van der Waals surface area (Å²) in [5.74, 6) is 0. The number of rotatable bonds is 7. The summed E-state index contributed by atoms with van der Waals surface area (Å²) in [5, 5.41) is 20.1. The molecule has 162 valence electrons. The highest BCUT2D eigenvalue weighted by Crippen LogP contribution is 2.33. The van der Waals surface area contributed by atoms with Crippen molar-refractivity contribution >= 4 is 43.7 Å². The van der Waals surface area contributed by atoms with E-state index in [0.717, 1.165) is 34.7 Å². The average molecular weight is 446 g/mol. The number of non-ortho nitro benzene ring substituents is 1. The summed E-state index contributed by atoms with van der Waals surface area (Å²) in [5.41, 5.74) is 6.25. The number of fused-ring (bicyclic) bond motifs is 1. The molecule has 7 nitrogen and oxygen atoms in total. The molecule has 4 rings (SSSR count). The van der Waals surface area contributed by atoms with Crippen LogP contribution >= 0.6 is 11.3 Å². The van der Waals surface area contributed by atoms with Gasteiger partial charge in [-0.25, -0.2) is 4.98 Å². The lowest BCUT2D eigenvalue weighted by Gasteiger charge is -2.24. The van der Waals surface area contributed by atoms with Gasteiger partial charge >= 0.3 is 0 Å². The minimum absolute atomic E-state index is 0.0437. The maximum atomic E-state index is 11.0. The Morgan fingerprint density at radius 2 is 1.84 bits per heavy atom. The molecular weight excluding hydrogens is 422 g/mol. The Labute approximate surface area is 190 Å². The number of hydrogen-bond donors (Lipinski definition) is 0. The van der Waals surface area contributed by atoms with E-state index in [2.05, 4.69) is 70.4 Å². The van der Waals surface area contributed by atoms with E-state index in [-0.39, 0.29) is 5.69 Å². The summed E-state index contributed by atoms with van der Waals surface area (Å²) >= 11 is 1.28. The van der Waals surface area contributed by atoms with Crippen LogP contribution in [0.1, 0.15) is 23.6 Å². The highest BCUT2D eigenvalue weighted by atomic mass is 32.1. The second-order valence-electron chi connectivity index (χ2n) is 7.52. The average Bonchev–Trinajstić information content (AvgIpc) is 3.20. The van der Waals surface area contributed by atoms with Crippen molar-refractivity contribution in [3.8, 4) is 0 Å². The van der Waals surface area contributed by atoms with E-state index >= 15 is 0 Å². The minimum atomic E-state index is -0.413. The highest BCUT2D eigenvalue weighted by Gasteiger charge is 2.11. The van der Waals surface area contributed by atoms with E-state index in [0.29, 0.717) is 10.6 Å². The maximum Gasteiger partial charge on any atom is 0.270 e. The third kappa shape index (κ3) is 4.65. The Morgan fingerprint density at radius 1 is 1.03 bits per heavy atom. The molecule has 0 aliphatic carbocycles. The van der Waals surface area contributed by atoms with Gasteiger partial charge in [-0.05, 0) is 61.7 Å². The van der Waals surface area contributed by atoms with Crippen molar-refractivity contribution < 1.29 is 4.92 Å². The van der Waals surface area contributed by atoms with Crippen LogP contribution in [-0.4, -0.2) is 16.5 Å². The predicted molar refractivity (Wildman–Crippen MR) is 130 cm³/mol. The normalized spacial score (nSPS) is 11.3. The van der Waals surface area contributed by atoms with Crippen molar-refractivity contribution in [2.24, 2.45) is 10.2 Å². The number of aryl methyl sites for hydroxylation is 2. The molecule has 0 fully saturated rings. The smallest absolute Gasteiger partial charge is 0.270 e. The number of nitro groups is 1. The first-order chi connectivity index (χ1) is 15.4.